The van der Waals surface area contributed by atoms with Crippen molar-refractivity contribution in [3.63, 3.8) is 0 Å². The van der Waals surface area contributed by atoms with Gasteiger partial charge in [-0.1, -0.05) is 0 Å². The predicted molar refractivity (Wildman–Crippen MR) is 66.7 cm³/mol. The van der Waals surface area contributed by atoms with Gasteiger partial charge in [0.1, 0.15) is 17.5 Å². The van der Waals surface area contributed by atoms with Crippen LogP contribution in [0.15, 0.2) is 0 Å². The first-order valence-corrected chi connectivity index (χ1v) is 6.10. The van der Waals surface area contributed by atoms with Gasteiger partial charge in [-0.05, 0) is 38.8 Å². The van der Waals surface area contributed by atoms with Gasteiger partial charge >= 0.3 is 0 Å². The number of nitriles is 1. The molecule has 5 nitrogen and oxygen atoms in total. The molecule has 5 heteroatoms. The molecule has 0 aromatic carbocycles. The van der Waals surface area contributed by atoms with Gasteiger partial charge in [-0.25, -0.2) is 0 Å². The fraction of sp³-hybridized carbons (Fsp3) is 0.667. The third kappa shape index (κ3) is 2.59. The molecule has 0 aliphatic carbocycles. The van der Waals surface area contributed by atoms with E-state index in [0.29, 0.717) is 11.5 Å². The third-order valence-electron chi connectivity index (χ3n) is 3.35. The first kappa shape index (κ1) is 11.9. The number of hydrogen-bond acceptors (Lipinski definition) is 4. The van der Waals surface area contributed by atoms with Crippen molar-refractivity contribution < 1.29 is 0 Å². The van der Waals surface area contributed by atoms with E-state index in [1.165, 1.54) is 12.8 Å². The van der Waals surface area contributed by atoms with E-state index in [9.17, 15) is 0 Å². The third-order valence-corrected chi connectivity index (χ3v) is 3.35. The van der Waals surface area contributed by atoms with Crippen LogP contribution in [0, 0.1) is 24.2 Å². The molecule has 1 aromatic heterocycles. The topological polar surface area (TPSA) is 65.7 Å². The molecule has 0 unspecified atom stereocenters. The van der Waals surface area contributed by atoms with Crippen molar-refractivity contribution in [2.24, 2.45) is 13.0 Å². The van der Waals surface area contributed by atoms with Crippen LogP contribution in [0.4, 0.5) is 5.82 Å². The van der Waals surface area contributed by atoms with Crippen molar-refractivity contribution in [3.8, 4) is 6.07 Å². The highest BCUT2D eigenvalue weighted by molar-refractivity contribution is 5.54. The van der Waals surface area contributed by atoms with E-state index >= 15 is 0 Å². The SMILES string of the molecule is Cc1nn(C)c(NCC2CCNCC2)c1C#N. The van der Waals surface area contributed by atoms with Crippen LogP contribution in [0.3, 0.4) is 0 Å². The zero-order chi connectivity index (χ0) is 12.3. The van der Waals surface area contributed by atoms with Crippen molar-refractivity contribution in [1.82, 2.24) is 15.1 Å². The zero-order valence-electron chi connectivity index (χ0n) is 10.5. The van der Waals surface area contributed by atoms with E-state index < -0.39 is 0 Å². The zero-order valence-corrected chi connectivity index (χ0v) is 10.5. The number of aromatic nitrogens is 2. The van der Waals surface area contributed by atoms with Crippen molar-refractivity contribution in [3.05, 3.63) is 11.3 Å². The molecule has 0 saturated carbocycles. The summed E-state index contributed by atoms with van der Waals surface area (Å²) in [7, 11) is 1.87. The minimum absolute atomic E-state index is 0.668. The second kappa shape index (κ2) is 5.19. The van der Waals surface area contributed by atoms with Gasteiger partial charge in [0, 0.05) is 13.6 Å². The molecule has 1 aliphatic rings. The van der Waals surface area contributed by atoms with Gasteiger partial charge < -0.3 is 10.6 Å². The van der Waals surface area contributed by atoms with Crippen LogP contribution in [0.1, 0.15) is 24.1 Å². The van der Waals surface area contributed by atoms with E-state index in [-0.39, 0.29) is 0 Å². The number of anilines is 1. The molecule has 1 aliphatic heterocycles. The van der Waals surface area contributed by atoms with Crippen LogP contribution in [-0.2, 0) is 7.05 Å². The molecule has 92 valence electrons. The van der Waals surface area contributed by atoms with Crippen LogP contribution in [-0.4, -0.2) is 29.4 Å². The van der Waals surface area contributed by atoms with E-state index in [4.69, 9.17) is 5.26 Å². The number of hydrogen-bond donors (Lipinski definition) is 2. The maximum atomic E-state index is 9.10. The predicted octanol–water partition coefficient (Wildman–Crippen LogP) is 1.01. The Kier molecular flexibility index (Phi) is 3.64. The van der Waals surface area contributed by atoms with Gasteiger partial charge in [-0.2, -0.15) is 10.4 Å². The molecule has 0 amide bonds. The minimum atomic E-state index is 0.668. The number of aryl methyl sites for hydroxylation is 2. The molecule has 2 N–H and O–H groups in total. The monoisotopic (exact) mass is 233 g/mol. The average Bonchev–Trinajstić information content (AvgIpc) is 2.62. The van der Waals surface area contributed by atoms with Crippen LogP contribution in [0.5, 0.6) is 0 Å². The van der Waals surface area contributed by atoms with Gasteiger partial charge in [0.15, 0.2) is 0 Å². The van der Waals surface area contributed by atoms with Gasteiger partial charge in [-0.15, -0.1) is 0 Å². The Morgan fingerprint density at radius 3 is 2.88 bits per heavy atom. The normalized spacial score (nSPS) is 16.8. The summed E-state index contributed by atoms with van der Waals surface area (Å²) >= 11 is 0. The van der Waals surface area contributed by atoms with Gasteiger partial charge in [0.2, 0.25) is 0 Å². The largest absolute Gasteiger partial charge is 0.369 e. The van der Waals surface area contributed by atoms with Gasteiger partial charge in [0.25, 0.3) is 0 Å². The lowest BCUT2D eigenvalue weighted by Gasteiger charge is -2.23. The van der Waals surface area contributed by atoms with Crippen LogP contribution in [0.2, 0.25) is 0 Å². The Hall–Kier alpha value is -1.54. The number of nitrogens with zero attached hydrogens (tertiary/aromatic N) is 3. The Balaban J connectivity index is 2.01. The molecule has 1 saturated heterocycles. The Bertz CT molecular complexity index is 423. The molecule has 0 spiro atoms. The summed E-state index contributed by atoms with van der Waals surface area (Å²) in [4.78, 5) is 0. The minimum Gasteiger partial charge on any atom is -0.369 e. The highest BCUT2D eigenvalue weighted by Crippen LogP contribution is 2.19. The van der Waals surface area contributed by atoms with Crippen LogP contribution in [0.25, 0.3) is 0 Å². The molecule has 0 bridgehead atoms. The summed E-state index contributed by atoms with van der Waals surface area (Å²) in [6, 6.07) is 2.21. The second-order valence-electron chi connectivity index (χ2n) is 4.62. The fourth-order valence-corrected chi connectivity index (χ4v) is 2.32. The molecule has 0 atom stereocenters. The van der Waals surface area contributed by atoms with Crippen molar-refractivity contribution in [2.75, 3.05) is 25.0 Å². The van der Waals surface area contributed by atoms with Crippen molar-refractivity contribution in [2.45, 2.75) is 19.8 Å². The van der Waals surface area contributed by atoms with Crippen LogP contribution >= 0.6 is 0 Å². The highest BCUT2D eigenvalue weighted by Gasteiger charge is 2.16. The summed E-state index contributed by atoms with van der Waals surface area (Å²) in [5, 5.41) is 20.1. The summed E-state index contributed by atoms with van der Waals surface area (Å²) in [6.45, 7) is 4.99. The number of nitrogens with one attached hydrogen (secondary N) is 2. The second-order valence-corrected chi connectivity index (χ2v) is 4.62. The first-order valence-electron chi connectivity index (χ1n) is 6.10. The van der Waals surface area contributed by atoms with E-state index in [1.54, 1.807) is 4.68 Å². The standard InChI is InChI=1S/C12H19N5/c1-9-11(7-13)12(17(2)16-9)15-8-10-3-5-14-6-4-10/h10,14-15H,3-6,8H2,1-2H3. The Labute approximate surface area is 102 Å². The summed E-state index contributed by atoms with van der Waals surface area (Å²) in [5.41, 5.74) is 1.46. The number of piperidine rings is 1. The summed E-state index contributed by atoms with van der Waals surface area (Å²) in [6.07, 6.45) is 2.40. The molecule has 0 radical (unpaired) electrons. The molecule has 2 rings (SSSR count). The van der Waals surface area contributed by atoms with E-state index in [1.807, 2.05) is 14.0 Å². The number of rotatable bonds is 3. The maximum Gasteiger partial charge on any atom is 0.142 e. The van der Waals surface area contributed by atoms with Gasteiger partial charge in [-0.3, -0.25) is 4.68 Å². The van der Waals surface area contributed by atoms with Gasteiger partial charge in [0.05, 0.1) is 5.69 Å². The summed E-state index contributed by atoms with van der Waals surface area (Å²) < 4.78 is 1.76. The molecule has 1 aromatic rings. The molecule has 1 fully saturated rings. The lowest BCUT2D eigenvalue weighted by atomic mass is 9.98. The summed E-state index contributed by atoms with van der Waals surface area (Å²) in [5.74, 6) is 1.54. The van der Waals surface area contributed by atoms with Crippen molar-refractivity contribution >= 4 is 5.82 Å². The lowest BCUT2D eigenvalue weighted by Crippen LogP contribution is -2.31. The lowest BCUT2D eigenvalue weighted by molar-refractivity contribution is 0.389. The smallest absolute Gasteiger partial charge is 0.142 e. The average molecular weight is 233 g/mol. The molecule has 17 heavy (non-hydrogen) atoms. The molecule has 2 heterocycles. The Morgan fingerprint density at radius 2 is 2.24 bits per heavy atom. The van der Waals surface area contributed by atoms with Crippen LogP contribution < -0.4 is 10.6 Å². The quantitative estimate of drug-likeness (QED) is 0.818. The molecular weight excluding hydrogens is 214 g/mol. The first-order chi connectivity index (χ1) is 8.22. The van der Waals surface area contributed by atoms with E-state index in [0.717, 1.165) is 31.1 Å². The van der Waals surface area contributed by atoms with Crippen molar-refractivity contribution in [1.29, 1.82) is 5.26 Å². The maximum absolute atomic E-state index is 9.10. The molecular formula is C12H19N5. The van der Waals surface area contributed by atoms with E-state index in [2.05, 4.69) is 21.8 Å². The highest BCUT2D eigenvalue weighted by atomic mass is 15.3. The fourth-order valence-electron chi connectivity index (χ4n) is 2.32. The Morgan fingerprint density at radius 1 is 1.53 bits per heavy atom.